The van der Waals surface area contributed by atoms with Crippen LogP contribution in [-0.4, -0.2) is 41.6 Å². The number of anilines is 2. The van der Waals surface area contributed by atoms with Gasteiger partial charge in [-0.3, -0.25) is 4.79 Å². The van der Waals surface area contributed by atoms with Crippen LogP contribution in [0.3, 0.4) is 0 Å². The van der Waals surface area contributed by atoms with Gasteiger partial charge in [-0.25, -0.2) is 4.98 Å². The normalized spacial score (nSPS) is 21.7. The minimum atomic E-state index is -0.249. The summed E-state index contributed by atoms with van der Waals surface area (Å²) in [7, 11) is -0.249. The van der Waals surface area contributed by atoms with E-state index in [9.17, 15) is 9.69 Å². The zero-order chi connectivity index (χ0) is 25.1. The van der Waals surface area contributed by atoms with E-state index in [0.717, 1.165) is 44.3 Å². The molecule has 194 valence electrons. The van der Waals surface area contributed by atoms with Gasteiger partial charge < -0.3 is 34.0 Å². The maximum Gasteiger partial charge on any atom is 1.00 e. The van der Waals surface area contributed by atoms with E-state index in [2.05, 4.69) is 52.6 Å². The van der Waals surface area contributed by atoms with Gasteiger partial charge in [0.2, 0.25) is 5.95 Å². The number of amides is 1. The molecule has 1 saturated heterocycles. The molecule has 1 spiro atoms. The Balaban J connectivity index is 0.00000200. The molecule has 5 rings (SSSR count). The maximum atomic E-state index is 13.2. The van der Waals surface area contributed by atoms with E-state index in [1.807, 2.05) is 0 Å². The summed E-state index contributed by atoms with van der Waals surface area (Å²) in [4.78, 5) is 35.6. The van der Waals surface area contributed by atoms with Crippen LogP contribution in [0.5, 0.6) is 0 Å². The summed E-state index contributed by atoms with van der Waals surface area (Å²) in [6, 6.07) is 6.41. The molecule has 3 fully saturated rings. The van der Waals surface area contributed by atoms with Gasteiger partial charge in [0, 0.05) is 38.5 Å². The van der Waals surface area contributed by atoms with Gasteiger partial charge in [-0.05, 0) is 86.8 Å². The predicted octanol–water partition coefficient (Wildman–Crippen LogP) is -1.85. The SMILES string of the molecule is Cc1ccc(CNc2nc(N3CCC4(CC4)C3)ncc2C(=O)NCC2CCC(O[P-][O-])CC2)cc1C.[Na+].[Na+]. The second-order valence-corrected chi connectivity index (χ2v) is 11.3. The first-order valence-corrected chi connectivity index (χ1v) is 13.9. The molecule has 3 aliphatic rings. The van der Waals surface area contributed by atoms with Crippen LogP contribution in [0.15, 0.2) is 24.4 Å². The van der Waals surface area contributed by atoms with Crippen molar-refractivity contribution in [1.29, 1.82) is 0 Å². The molecule has 1 aromatic carbocycles. The Hall–Kier alpha value is -0.280. The molecule has 0 atom stereocenters. The van der Waals surface area contributed by atoms with Crippen LogP contribution in [0.1, 0.15) is 72.0 Å². The van der Waals surface area contributed by atoms with Crippen molar-refractivity contribution in [3.8, 4) is 0 Å². The van der Waals surface area contributed by atoms with E-state index in [-0.39, 0.29) is 80.2 Å². The summed E-state index contributed by atoms with van der Waals surface area (Å²) >= 11 is 0. The topological polar surface area (TPSA) is 102 Å². The number of carbonyl (C=O) groups excluding carboxylic acids is 1. The number of aromatic nitrogens is 2. The van der Waals surface area contributed by atoms with Crippen LogP contribution in [0.25, 0.3) is 0 Å². The molecule has 1 amide bonds. The molecule has 2 heterocycles. The van der Waals surface area contributed by atoms with E-state index in [1.165, 1.54) is 30.4 Å². The fourth-order valence-corrected chi connectivity index (χ4v) is 5.78. The smallest absolute Gasteiger partial charge is 0.997 e. The van der Waals surface area contributed by atoms with Crippen molar-refractivity contribution < 1.29 is 73.3 Å². The quantitative estimate of drug-likeness (QED) is 0.277. The van der Waals surface area contributed by atoms with Gasteiger partial charge in [0.1, 0.15) is 11.4 Å². The average molecular weight is 556 g/mol. The number of carbonyl (C=O) groups is 1. The molecule has 2 aromatic rings. The van der Waals surface area contributed by atoms with Crippen LogP contribution in [0, 0.1) is 25.2 Å². The molecule has 11 heteroatoms. The molecule has 1 aliphatic heterocycles. The molecule has 1 aromatic heterocycles. The first-order valence-electron chi connectivity index (χ1n) is 13.1. The van der Waals surface area contributed by atoms with Crippen LogP contribution in [-0.2, 0) is 11.1 Å². The molecule has 0 unspecified atom stereocenters. The summed E-state index contributed by atoms with van der Waals surface area (Å²) in [6.07, 6.45) is 9.16. The van der Waals surface area contributed by atoms with E-state index in [4.69, 9.17) is 9.51 Å². The number of aryl methyl sites for hydroxylation is 2. The second kappa shape index (κ2) is 14.6. The molecule has 2 saturated carbocycles. The monoisotopic (exact) mass is 555 g/mol. The van der Waals surface area contributed by atoms with Gasteiger partial charge in [-0.15, -0.1) is 0 Å². The van der Waals surface area contributed by atoms with E-state index in [1.54, 1.807) is 6.20 Å². The van der Waals surface area contributed by atoms with E-state index < -0.39 is 0 Å². The Labute approximate surface area is 272 Å². The third-order valence-corrected chi connectivity index (χ3v) is 8.65. The Morgan fingerprint density at radius 1 is 1.16 bits per heavy atom. The Morgan fingerprint density at radius 3 is 2.58 bits per heavy atom. The van der Waals surface area contributed by atoms with Crippen molar-refractivity contribution in [2.45, 2.75) is 71.4 Å². The number of nitrogens with zero attached hydrogens (tertiary/aromatic N) is 3. The number of rotatable bonds is 9. The van der Waals surface area contributed by atoms with Crippen molar-refractivity contribution in [2.24, 2.45) is 11.3 Å². The van der Waals surface area contributed by atoms with Crippen molar-refractivity contribution >= 4 is 26.7 Å². The zero-order valence-electron chi connectivity index (χ0n) is 23.3. The summed E-state index contributed by atoms with van der Waals surface area (Å²) in [5, 5.41) is 6.54. The first-order chi connectivity index (χ1) is 17.4. The van der Waals surface area contributed by atoms with Crippen LogP contribution >= 0.6 is 9.03 Å². The Morgan fingerprint density at radius 2 is 1.92 bits per heavy atom. The van der Waals surface area contributed by atoms with E-state index in [0.29, 0.717) is 41.8 Å². The summed E-state index contributed by atoms with van der Waals surface area (Å²) < 4.78 is 5.19. The minimum Gasteiger partial charge on any atom is -0.997 e. The molecule has 2 N–H and O–H groups in total. The predicted molar refractivity (Wildman–Crippen MR) is 140 cm³/mol. The average Bonchev–Trinajstić information content (AvgIpc) is 3.52. The van der Waals surface area contributed by atoms with Gasteiger partial charge in [0.15, 0.2) is 0 Å². The third-order valence-electron chi connectivity index (χ3n) is 8.27. The number of benzene rings is 1. The fourth-order valence-electron chi connectivity index (χ4n) is 5.45. The number of hydrogen-bond donors (Lipinski definition) is 2. The first kappa shape index (κ1) is 32.2. The van der Waals surface area contributed by atoms with Crippen LogP contribution in [0.4, 0.5) is 11.8 Å². The van der Waals surface area contributed by atoms with Crippen molar-refractivity contribution in [3.05, 3.63) is 46.6 Å². The molecule has 0 radical (unpaired) electrons. The van der Waals surface area contributed by atoms with Crippen molar-refractivity contribution in [1.82, 2.24) is 15.3 Å². The van der Waals surface area contributed by atoms with Crippen LogP contribution in [0.2, 0.25) is 0 Å². The maximum absolute atomic E-state index is 13.2. The molecule has 8 nitrogen and oxygen atoms in total. The van der Waals surface area contributed by atoms with Crippen molar-refractivity contribution in [3.63, 3.8) is 0 Å². The molecule has 2 aliphatic carbocycles. The number of nitrogens with one attached hydrogen (secondary N) is 2. The summed E-state index contributed by atoms with van der Waals surface area (Å²) in [6.45, 7) is 7.39. The second-order valence-electron chi connectivity index (χ2n) is 10.9. The third kappa shape index (κ3) is 8.14. The van der Waals surface area contributed by atoms with Gasteiger partial charge in [0.25, 0.3) is 5.91 Å². The molecular formula is C27H36N5Na2O3P. The van der Waals surface area contributed by atoms with Gasteiger partial charge in [-0.2, -0.15) is 4.98 Å². The standard InChI is InChI=1S/C27H36N5O3P.2Na/c1-18-3-4-21(13-19(18)2)15-28-24-23(16-30-26(31-24)32-12-11-27(17-32)9-10-27)25(33)29-14-20-5-7-22(8-6-20)35-36-34;;/h3-4,13,16,20,22H,5-12,14-15,17H2,1-2H3,(H,29,33)(H,28,30,31);;/q-2;2*+1. The minimum absolute atomic E-state index is 0. The Kier molecular flexibility index (Phi) is 12.4. The summed E-state index contributed by atoms with van der Waals surface area (Å²) in [5.74, 6) is 1.53. The largest absolute Gasteiger partial charge is 1.00 e. The van der Waals surface area contributed by atoms with Crippen molar-refractivity contribution in [2.75, 3.05) is 29.9 Å². The van der Waals surface area contributed by atoms with Gasteiger partial charge in [0.05, 0.1) is 0 Å². The Bertz CT molecular complexity index is 1100. The molecule has 38 heavy (non-hydrogen) atoms. The van der Waals surface area contributed by atoms with E-state index >= 15 is 0 Å². The number of hydrogen-bond acceptors (Lipinski definition) is 7. The van der Waals surface area contributed by atoms with Gasteiger partial charge in [-0.1, -0.05) is 18.2 Å². The zero-order valence-corrected chi connectivity index (χ0v) is 28.2. The fraction of sp³-hybridized carbons (Fsp3) is 0.593. The van der Waals surface area contributed by atoms with Crippen LogP contribution < -0.4 is 79.5 Å². The summed E-state index contributed by atoms with van der Waals surface area (Å²) in [5.41, 5.74) is 4.62. The molecular weight excluding hydrogens is 519 g/mol. The molecule has 0 bridgehead atoms. The van der Waals surface area contributed by atoms with Gasteiger partial charge >= 0.3 is 59.1 Å².